The van der Waals surface area contributed by atoms with E-state index in [4.69, 9.17) is 4.99 Å². The molecule has 0 N–H and O–H groups in total. The van der Waals surface area contributed by atoms with E-state index in [1.165, 1.54) is 17.0 Å². The number of rotatable bonds is 3. The molecule has 0 aliphatic rings. The molecule has 0 radical (unpaired) electrons. The SMILES string of the molecule is C=C/C(=C(\N=C(\C)CC)C(C)(C)C)C(C)(C)C. The number of hydrogen-bond acceptors (Lipinski definition) is 1. The van der Waals surface area contributed by atoms with Crippen molar-refractivity contribution in [3.8, 4) is 0 Å². The lowest BCUT2D eigenvalue weighted by molar-refractivity contribution is 0.449. The minimum atomic E-state index is 0.0488. The van der Waals surface area contributed by atoms with Crippen molar-refractivity contribution in [2.24, 2.45) is 15.8 Å². The number of allylic oxidation sites excluding steroid dienone is 3. The molecule has 0 aromatic rings. The predicted molar refractivity (Wildman–Crippen MR) is 79.5 cm³/mol. The molecule has 0 aliphatic carbocycles. The molecule has 0 atom stereocenters. The first kappa shape index (κ1) is 16.1. The summed E-state index contributed by atoms with van der Waals surface area (Å²) in [6, 6.07) is 0. The molecule has 0 bridgehead atoms. The largest absolute Gasteiger partial charge is 0.262 e. The predicted octanol–water partition coefficient (Wildman–Crippen LogP) is 5.39. The van der Waals surface area contributed by atoms with Crippen molar-refractivity contribution in [3.05, 3.63) is 23.9 Å². The molecule has 0 aromatic carbocycles. The van der Waals surface area contributed by atoms with Gasteiger partial charge in [-0.25, -0.2) is 0 Å². The standard InChI is InChI=1S/C16H29N/c1-10-12(3)17-14(16(7,8)9)13(11-2)15(4,5)6/h11H,2,10H2,1,3-9H3/b14-13+,17-12-. The first-order valence-electron chi connectivity index (χ1n) is 6.45. The van der Waals surface area contributed by atoms with Crippen LogP contribution in [0, 0.1) is 10.8 Å². The smallest absolute Gasteiger partial charge is 0.0493 e. The maximum atomic E-state index is 4.83. The van der Waals surface area contributed by atoms with Crippen LogP contribution in [0.25, 0.3) is 0 Å². The van der Waals surface area contributed by atoms with E-state index in [0.717, 1.165) is 6.42 Å². The maximum absolute atomic E-state index is 4.83. The van der Waals surface area contributed by atoms with Gasteiger partial charge in [-0.05, 0) is 24.3 Å². The third kappa shape index (κ3) is 4.89. The van der Waals surface area contributed by atoms with E-state index < -0.39 is 0 Å². The summed E-state index contributed by atoms with van der Waals surface area (Å²) in [5.74, 6) is 0. The zero-order valence-electron chi connectivity index (χ0n) is 12.9. The fraction of sp³-hybridized carbons (Fsp3) is 0.688. The van der Waals surface area contributed by atoms with E-state index in [-0.39, 0.29) is 10.8 Å². The summed E-state index contributed by atoms with van der Waals surface area (Å²) in [6.07, 6.45) is 2.96. The van der Waals surface area contributed by atoms with Crippen LogP contribution < -0.4 is 0 Å². The lowest BCUT2D eigenvalue weighted by Crippen LogP contribution is -2.18. The molecule has 17 heavy (non-hydrogen) atoms. The second kappa shape index (κ2) is 5.66. The molecule has 0 unspecified atom stereocenters. The van der Waals surface area contributed by atoms with Gasteiger partial charge in [-0.15, -0.1) is 0 Å². The fourth-order valence-corrected chi connectivity index (χ4v) is 1.66. The summed E-state index contributed by atoms with van der Waals surface area (Å²) in [6.45, 7) is 21.5. The molecule has 0 saturated carbocycles. The minimum absolute atomic E-state index is 0.0488. The summed E-state index contributed by atoms with van der Waals surface area (Å²) < 4.78 is 0. The summed E-state index contributed by atoms with van der Waals surface area (Å²) in [7, 11) is 0. The second-order valence-electron chi connectivity index (χ2n) is 6.67. The molecule has 1 nitrogen and oxygen atoms in total. The van der Waals surface area contributed by atoms with Gasteiger partial charge in [0.1, 0.15) is 0 Å². The van der Waals surface area contributed by atoms with Gasteiger partial charge in [-0.1, -0.05) is 61.1 Å². The lowest BCUT2D eigenvalue weighted by atomic mass is 9.78. The average Bonchev–Trinajstić information content (AvgIpc) is 2.13. The van der Waals surface area contributed by atoms with Crippen LogP contribution >= 0.6 is 0 Å². The molecule has 0 aliphatic heterocycles. The van der Waals surface area contributed by atoms with Crippen molar-refractivity contribution >= 4 is 5.71 Å². The Morgan fingerprint density at radius 3 is 1.76 bits per heavy atom. The molecular weight excluding hydrogens is 206 g/mol. The molecule has 0 heterocycles. The topological polar surface area (TPSA) is 12.4 Å². The maximum Gasteiger partial charge on any atom is 0.0493 e. The van der Waals surface area contributed by atoms with Gasteiger partial charge in [0, 0.05) is 16.8 Å². The Balaban J connectivity index is 5.92. The van der Waals surface area contributed by atoms with Crippen LogP contribution in [0.5, 0.6) is 0 Å². The zero-order chi connectivity index (χ0) is 13.9. The highest BCUT2D eigenvalue weighted by Gasteiger charge is 2.26. The first-order chi connectivity index (χ1) is 7.54. The van der Waals surface area contributed by atoms with E-state index in [0.29, 0.717) is 0 Å². The van der Waals surface area contributed by atoms with Gasteiger partial charge >= 0.3 is 0 Å². The van der Waals surface area contributed by atoms with E-state index in [9.17, 15) is 0 Å². The average molecular weight is 235 g/mol. The second-order valence-corrected chi connectivity index (χ2v) is 6.67. The third-order valence-corrected chi connectivity index (χ3v) is 2.79. The zero-order valence-corrected chi connectivity index (χ0v) is 12.9. The van der Waals surface area contributed by atoms with Crippen molar-refractivity contribution in [1.82, 2.24) is 0 Å². The van der Waals surface area contributed by atoms with Crippen LogP contribution in [0.3, 0.4) is 0 Å². The molecule has 0 fully saturated rings. The van der Waals surface area contributed by atoms with Crippen molar-refractivity contribution in [2.45, 2.75) is 61.8 Å². The molecule has 98 valence electrons. The number of hydrogen-bond donors (Lipinski definition) is 0. The first-order valence-corrected chi connectivity index (χ1v) is 6.45. The molecule has 0 aromatic heterocycles. The van der Waals surface area contributed by atoms with E-state index in [1.54, 1.807) is 0 Å². The van der Waals surface area contributed by atoms with Crippen LogP contribution in [-0.2, 0) is 0 Å². The summed E-state index contributed by atoms with van der Waals surface area (Å²) in [4.78, 5) is 4.83. The summed E-state index contributed by atoms with van der Waals surface area (Å²) in [5.41, 5.74) is 3.73. The van der Waals surface area contributed by atoms with Crippen LogP contribution in [0.15, 0.2) is 28.9 Å². The Morgan fingerprint density at radius 2 is 1.53 bits per heavy atom. The lowest BCUT2D eigenvalue weighted by Gasteiger charge is -2.29. The highest BCUT2D eigenvalue weighted by Crippen LogP contribution is 2.37. The molecule has 0 rings (SSSR count). The summed E-state index contributed by atoms with van der Waals surface area (Å²) in [5, 5.41) is 0. The van der Waals surface area contributed by atoms with Gasteiger partial charge < -0.3 is 0 Å². The Kier molecular flexibility index (Phi) is 5.38. The van der Waals surface area contributed by atoms with Gasteiger partial charge in [-0.2, -0.15) is 0 Å². The Labute approximate surface area is 108 Å². The van der Waals surface area contributed by atoms with Crippen molar-refractivity contribution in [1.29, 1.82) is 0 Å². The monoisotopic (exact) mass is 235 g/mol. The minimum Gasteiger partial charge on any atom is -0.262 e. The quantitative estimate of drug-likeness (QED) is 0.459. The van der Waals surface area contributed by atoms with E-state index in [1.807, 2.05) is 6.08 Å². The van der Waals surface area contributed by atoms with Crippen LogP contribution in [0.1, 0.15) is 61.8 Å². The van der Waals surface area contributed by atoms with Gasteiger partial charge in [0.05, 0.1) is 0 Å². The Morgan fingerprint density at radius 1 is 1.06 bits per heavy atom. The Hall–Kier alpha value is -0.850. The Bertz CT molecular complexity index is 330. The molecular formula is C16H29N. The molecule has 1 heteroatoms. The van der Waals surface area contributed by atoms with Crippen LogP contribution in [-0.4, -0.2) is 5.71 Å². The van der Waals surface area contributed by atoms with Crippen molar-refractivity contribution < 1.29 is 0 Å². The number of nitrogens with zero attached hydrogens (tertiary/aromatic N) is 1. The van der Waals surface area contributed by atoms with E-state index in [2.05, 4.69) is 62.0 Å². The molecule has 0 spiro atoms. The van der Waals surface area contributed by atoms with Crippen molar-refractivity contribution in [3.63, 3.8) is 0 Å². The van der Waals surface area contributed by atoms with Crippen molar-refractivity contribution in [2.75, 3.05) is 0 Å². The van der Waals surface area contributed by atoms with Crippen LogP contribution in [0.2, 0.25) is 0 Å². The third-order valence-electron chi connectivity index (χ3n) is 2.79. The summed E-state index contributed by atoms with van der Waals surface area (Å²) >= 11 is 0. The van der Waals surface area contributed by atoms with Gasteiger partial charge in [0.15, 0.2) is 0 Å². The molecule has 0 amide bonds. The van der Waals surface area contributed by atoms with Crippen LogP contribution in [0.4, 0.5) is 0 Å². The van der Waals surface area contributed by atoms with Gasteiger partial charge in [0.25, 0.3) is 0 Å². The van der Waals surface area contributed by atoms with Gasteiger partial charge in [0.2, 0.25) is 0 Å². The molecule has 0 saturated heterocycles. The van der Waals surface area contributed by atoms with Gasteiger partial charge in [-0.3, -0.25) is 4.99 Å². The fourth-order valence-electron chi connectivity index (χ4n) is 1.66. The normalized spacial score (nSPS) is 15.6. The van der Waals surface area contributed by atoms with E-state index >= 15 is 0 Å². The number of aliphatic imine (C=N–C) groups is 1. The highest BCUT2D eigenvalue weighted by molar-refractivity contribution is 5.82. The highest BCUT2D eigenvalue weighted by atomic mass is 14.8.